The SMILES string of the molecule is CCCCSc1c(-c2ccccc2C=O)cnc2c1cnn2Cc1ccc(OC)cc1. The van der Waals surface area contributed by atoms with Crippen molar-refractivity contribution in [3.8, 4) is 16.9 Å². The van der Waals surface area contributed by atoms with Gasteiger partial charge in [0.15, 0.2) is 11.9 Å². The van der Waals surface area contributed by atoms with Gasteiger partial charge in [0, 0.05) is 22.2 Å². The molecule has 0 spiro atoms. The average Bonchev–Trinajstić information content (AvgIpc) is 3.22. The summed E-state index contributed by atoms with van der Waals surface area (Å²) < 4.78 is 7.18. The van der Waals surface area contributed by atoms with E-state index in [0.717, 1.165) is 63.2 Å². The Hall–Kier alpha value is -3.12. The molecule has 0 saturated heterocycles. The molecule has 0 saturated carbocycles. The van der Waals surface area contributed by atoms with E-state index in [4.69, 9.17) is 9.72 Å². The molecule has 5 nitrogen and oxygen atoms in total. The minimum Gasteiger partial charge on any atom is -0.497 e. The van der Waals surface area contributed by atoms with E-state index in [0.29, 0.717) is 12.1 Å². The van der Waals surface area contributed by atoms with Crippen molar-refractivity contribution in [1.29, 1.82) is 0 Å². The molecule has 0 bridgehead atoms. The molecule has 31 heavy (non-hydrogen) atoms. The number of methoxy groups -OCH3 is 1. The number of carbonyl (C=O) groups excluding carboxylic acids is 1. The molecule has 0 aliphatic carbocycles. The Morgan fingerprint density at radius 2 is 1.87 bits per heavy atom. The van der Waals surface area contributed by atoms with Crippen LogP contribution >= 0.6 is 11.8 Å². The second-order valence-corrected chi connectivity index (χ2v) is 8.40. The van der Waals surface area contributed by atoms with Gasteiger partial charge in [-0.2, -0.15) is 5.10 Å². The van der Waals surface area contributed by atoms with Crippen molar-refractivity contribution in [2.45, 2.75) is 31.2 Å². The molecule has 0 radical (unpaired) electrons. The molecular weight excluding hydrogens is 406 g/mol. The molecule has 0 aliphatic heterocycles. The number of unbranched alkanes of at least 4 members (excludes halogenated alkanes) is 1. The number of benzene rings is 2. The molecule has 0 N–H and O–H groups in total. The van der Waals surface area contributed by atoms with Crippen molar-refractivity contribution in [3.63, 3.8) is 0 Å². The standard InChI is InChI=1S/C25H25N3O2S/c1-3-4-13-31-24-22(21-8-6-5-7-19(21)17-29)14-26-25-23(24)15-27-28(25)16-18-9-11-20(30-2)12-10-18/h5-12,14-15,17H,3-4,13,16H2,1-2H3. The average molecular weight is 432 g/mol. The van der Waals surface area contributed by atoms with E-state index in [1.54, 1.807) is 7.11 Å². The number of rotatable bonds is 9. The summed E-state index contributed by atoms with van der Waals surface area (Å²) in [5.41, 5.74) is 4.55. The minimum atomic E-state index is 0.629. The van der Waals surface area contributed by atoms with Gasteiger partial charge >= 0.3 is 0 Å². The fourth-order valence-electron chi connectivity index (χ4n) is 3.54. The molecule has 0 atom stereocenters. The van der Waals surface area contributed by atoms with Gasteiger partial charge in [-0.3, -0.25) is 4.79 Å². The molecule has 0 amide bonds. The van der Waals surface area contributed by atoms with Crippen LogP contribution in [-0.4, -0.2) is 33.9 Å². The Bertz CT molecular complexity index is 1190. The number of carbonyl (C=O) groups is 1. The molecular formula is C25H25N3O2S. The maximum absolute atomic E-state index is 11.6. The summed E-state index contributed by atoms with van der Waals surface area (Å²) in [6.45, 7) is 2.82. The van der Waals surface area contributed by atoms with Gasteiger partial charge in [0.05, 0.1) is 25.2 Å². The van der Waals surface area contributed by atoms with Crippen LogP contribution in [0.5, 0.6) is 5.75 Å². The van der Waals surface area contributed by atoms with Gasteiger partial charge < -0.3 is 4.74 Å². The second kappa shape index (κ2) is 9.79. The zero-order chi connectivity index (χ0) is 21.6. The van der Waals surface area contributed by atoms with Crippen LogP contribution in [0, 0.1) is 0 Å². The van der Waals surface area contributed by atoms with E-state index in [1.807, 2.05) is 77.4 Å². The number of aromatic nitrogens is 3. The molecule has 0 fully saturated rings. The zero-order valence-corrected chi connectivity index (χ0v) is 18.6. The summed E-state index contributed by atoms with van der Waals surface area (Å²) >= 11 is 1.81. The number of fused-ring (bicyclic) bond motifs is 1. The monoisotopic (exact) mass is 431 g/mol. The minimum absolute atomic E-state index is 0.629. The summed E-state index contributed by atoms with van der Waals surface area (Å²) in [5, 5.41) is 5.66. The molecule has 158 valence electrons. The van der Waals surface area contributed by atoms with E-state index in [2.05, 4.69) is 12.0 Å². The van der Waals surface area contributed by atoms with Crippen molar-refractivity contribution < 1.29 is 9.53 Å². The van der Waals surface area contributed by atoms with Crippen molar-refractivity contribution in [3.05, 3.63) is 72.1 Å². The second-order valence-electron chi connectivity index (χ2n) is 7.30. The Balaban J connectivity index is 1.77. The molecule has 0 aliphatic rings. The quantitative estimate of drug-likeness (QED) is 0.189. The number of ether oxygens (including phenoxy) is 1. The number of hydrogen-bond acceptors (Lipinski definition) is 5. The number of nitrogens with zero attached hydrogens (tertiary/aromatic N) is 3. The maximum atomic E-state index is 11.6. The highest BCUT2D eigenvalue weighted by atomic mass is 32.2. The number of pyridine rings is 1. The Labute approximate surface area is 186 Å². The number of hydrogen-bond donors (Lipinski definition) is 0. The van der Waals surface area contributed by atoms with E-state index in [9.17, 15) is 4.79 Å². The Morgan fingerprint density at radius 3 is 2.61 bits per heavy atom. The van der Waals surface area contributed by atoms with Gasteiger partial charge in [0.1, 0.15) is 5.75 Å². The Morgan fingerprint density at radius 1 is 1.06 bits per heavy atom. The third kappa shape index (κ3) is 4.49. The van der Waals surface area contributed by atoms with Crippen LogP contribution in [0.3, 0.4) is 0 Å². The molecule has 4 aromatic rings. The lowest BCUT2D eigenvalue weighted by atomic mass is 10.0. The number of aldehydes is 1. The van der Waals surface area contributed by atoms with Crippen molar-refractivity contribution in [2.24, 2.45) is 0 Å². The van der Waals surface area contributed by atoms with E-state index >= 15 is 0 Å². The lowest BCUT2D eigenvalue weighted by Gasteiger charge is -2.13. The predicted molar refractivity (Wildman–Crippen MR) is 126 cm³/mol. The molecule has 6 heteroatoms. The highest BCUT2D eigenvalue weighted by Crippen LogP contribution is 2.38. The van der Waals surface area contributed by atoms with Crippen LogP contribution in [0.4, 0.5) is 0 Å². The van der Waals surface area contributed by atoms with Crippen LogP contribution in [0.25, 0.3) is 22.2 Å². The smallest absolute Gasteiger partial charge is 0.159 e. The lowest BCUT2D eigenvalue weighted by Crippen LogP contribution is -2.03. The van der Waals surface area contributed by atoms with Gasteiger partial charge in [-0.1, -0.05) is 49.7 Å². The first kappa shape index (κ1) is 21.1. The Kier molecular flexibility index (Phi) is 6.67. The van der Waals surface area contributed by atoms with Crippen LogP contribution < -0.4 is 4.74 Å². The maximum Gasteiger partial charge on any atom is 0.159 e. The summed E-state index contributed by atoms with van der Waals surface area (Å²) in [6.07, 6.45) is 6.95. The fourth-order valence-corrected chi connectivity index (χ4v) is 4.79. The molecule has 0 unspecified atom stereocenters. The third-order valence-corrected chi connectivity index (χ3v) is 6.45. The van der Waals surface area contributed by atoms with Crippen LogP contribution in [0.15, 0.2) is 65.8 Å². The topological polar surface area (TPSA) is 57.0 Å². The van der Waals surface area contributed by atoms with Crippen molar-refractivity contribution in [1.82, 2.24) is 14.8 Å². The normalized spacial score (nSPS) is 11.0. The first-order valence-corrected chi connectivity index (χ1v) is 11.4. The summed E-state index contributed by atoms with van der Waals surface area (Å²) in [5.74, 6) is 1.84. The number of thioether (sulfide) groups is 1. The third-order valence-electron chi connectivity index (χ3n) is 5.23. The van der Waals surface area contributed by atoms with Crippen LogP contribution in [-0.2, 0) is 6.54 Å². The summed E-state index contributed by atoms with van der Waals surface area (Å²) in [6, 6.07) is 15.7. The molecule has 4 rings (SSSR count). The van der Waals surface area contributed by atoms with Crippen molar-refractivity contribution in [2.75, 3.05) is 12.9 Å². The first-order valence-electron chi connectivity index (χ1n) is 10.4. The van der Waals surface area contributed by atoms with Gasteiger partial charge in [0.25, 0.3) is 0 Å². The van der Waals surface area contributed by atoms with E-state index < -0.39 is 0 Å². The van der Waals surface area contributed by atoms with Crippen LogP contribution in [0.1, 0.15) is 35.7 Å². The van der Waals surface area contributed by atoms with Crippen LogP contribution in [0.2, 0.25) is 0 Å². The highest BCUT2D eigenvalue weighted by Gasteiger charge is 2.17. The van der Waals surface area contributed by atoms with E-state index in [1.165, 1.54) is 0 Å². The largest absolute Gasteiger partial charge is 0.497 e. The van der Waals surface area contributed by atoms with E-state index in [-0.39, 0.29) is 0 Å². The first-order chi connectivity index (χ1) is 15.2. The molecule has 2 aromatic carbocycles. The molecule has 2 aromatic heterocycles. The highest BCUT2D eigenvalue weighted by molar-refractivity contribution is 7.99. The lowest BCUT2D eigenvalue weighted by molar-refractivity contribution is 0.112. The van der Waals surface area contributed by atoms with Gasteiger partial charge in [0.2, 0.25) is 0 Å². The van der Waals surface area contributed by atoms with Gasteiger partial charge in [-0.25, -0.2) is 9.67 Å². The summed E-state index contributed by atoms with van der Waals surface area (Å²) in [4.78, 5) is 17.5. The van der Waals surface area contributed by atoms with Crippen molar-refractivity contribution >= 4 is 29.1 Å². The fraction of sp³-hybridized carbons (Fsp3) is 0.240. The van der Waals surface area contributed by atoms with Gasteiger partial charge in [-0.15, -0.1) is 11.8 Å². The zero-order valence-electron chi connectivity index (χ0n) is 17.7. The summed E-state index contributed by atoms with van der Waals surface area (Å²) in [7, 11) is 1.66. The molecule has 2 heterocycles. The predicted octanol–water partition coefficient (Wildman–Crippen LogP) is 5.86. The van der Waals surface area contributed by atoms with Gasteiger partial charge in [-0.05, 0) is 35.4 Å².